The Morgan fingerprint density at radius 3 is 2.28 bits per heavy atom. The van der Waals surface area contributed by atoms with Crippen molar-refractivity contribution in [1.29, 1.82) is 0 Å². The van der Waals surface area contributed by atoms with Crippen LogP contribution in [0.5, 0.6) is 0 Å². The molecule has 0 bridgehead atoms. The van der Waals surface area contributed by atoms with Crippen LogP contribution >= 0.6 is 48.0 Å². The standard InChI is InChI=1S/C33H34Cl2N6O4.2ClH/c1-39-13-15-40(16-14-39)19-21-4-6-22(7-5-21)33(44)45-24-10-8-23(9-11-24)41-20-26(30(42)25-3-2-12-37-31(25)41)32(43)38-29-27(34)17-36-18-28(29)35;;/h2-7,12,17-18,20,23-24H,8-11,13-16,19H2,1H3,(H,36,38,43);2*1H. The Hall–Kier alpha value is -3.25. The molecule has 4 aromatic rings. The summed E-state index contributed by atoms with van der Waals surface area (Å²) < 4.78 is 7.78. The van der Waals surface area contributed by atoms with E-state index in [0.717, 1.165) is 32.7 Å². The van der Waals surface area contributed by atoms with Crippen molar-refractivity contribution < 1.29 is 14.3 Å². The van der Waals surface area contributed by atoms with Crippen LogP contribution in [0, 0.1) is 0 Å². The number of hydrogen-bond acceptors (Lipinski definition) is 8. The van der Waals surface area contributed by atoms with Gasteiger partial charge in [0.1, 0.15) is 17.3 Å². The van der Waals surface area contributed by atoms with Gasteiger partial charge in [-0.25, -0.2) is 9.78 Å². The van der Waals surface area contributed by atoms with E-state index in [-0.39, 0.29) is 64.2 Å². The van der Waals surface area contributed by atoms with Gasteiger partial charge < -0.3 is 19.5 Å². The number of pyridine rings is 3. The summed E-state index contributed by atoms with van der Waals surface area (Å²) in [6.07, 6.45) is 8.32. The summed E-state index contributed by atoms with van der Waals surface area (Å²) >= 11 is 12.4. The monoisotopic (exact) mass is 720 g/mol. The average molecular weight is 723 g/mol. The first-order valence-corrected chi connectivity index (χ1v) is 15.8. The average Bonchev–Trinajstić information content (AvgIpc) is 3.05. The van der Waals surface area contributed by atoms with Crippen molar-refractivity contribution in [2.45, 2.75) is 44.4 Å². The number of ether oxygens (including phenoxy) is 1. The lowest BCUT2D eigenvalue weighted by Crippen LogP contribution is -2.43. The fraction of sp³-hybridized carbons (Fsp3) is 0.364. The molecule has 3 aromatic heterocycles. The minimum absolute atomic E-state index is 0. The summed E-state index contributed by atoms with van der Waals surface area (Å²) in [6.45, 7) is 5.08. The second-order valence-electron chi connectivity index (χ2n) is 11.7. The third-order valence-electron chi connectivity index (χ3n) is 8.63. The van der Waals surface area contributed by atoms with Crippen LogP contribution in [0.4, 0.5) is 5.69 Å². The predicted molar refractivity (Wildman–Crippen MR) is 189 cm³/mol. The maximum Gasteiger partial charge on any atom is 0.338 e. The van der Waals surface area contributed by atoms with Crippen molar-refractivity contribution in [3.8, 4) is 0 Å². The van der Waals surface area contributed by atoms with Crippen molar-refractivity contribution >= 4 is 76.6 Å². The van der Waals surface area contributed by atoms with Crippen LogP contribution in [0.3, 0.4) is 0 Å². The topological polar surface area (TPSA) is 110 Å². The van der Waals surface area contributed by atoms with E-state index >= 15 is 0 Å². The van der Waals surface area contributed by atoms with E-state index in [1.54, 1.807) is 24.5 Å². The van der Waals surface area contributed by atoms with E-state index in [0.29, 0.717) is 42.3 Å². The van der Waals surface area contributed by atoms with Crippen molar-refractivity contribution in [3.63, 3.8) is 0 Å². The zero-order valence-corrected chi connectivity index (χ0v) is 28.9. The molecule has 1 aromatic carbocycles. The molecule has 0 radical (unpaired) electrons. The Bertz CT molecular complexity index is 1750. The molecular weight excluding hydrogens is 686 g/mol. The van der Waals surface area contributed by atoms with E-state index < -0.39 is 11.3 Å². The van der Waals surface area contributed by atoms with Crippen molar-refractivity contribution in [3.05, 3.63) is 98.1 Å². The van der Waals surface area contributed by atoms with Gasteiger partial charge in [0, 0.05) is 63.6 Å². The molecule has 250 valence electrons. The fourth-order valence-corrected chi connectivity index (χ4v) is 6.47. The molecule has 4 heterocycles. The van der Waals surface area contributed by atoms with Crippen LogP contribution in [0.15, 0.2) is 66.0 Å². The number of aromatic nitrogens is 3. The molecule has 10 nitrogen and oxygen atoms in total. The van der Waals surface area contributed by atoms with Gasteiger partial charge in [-0.05, 0) is 62.6 Å². The minimum atomic E-state index is -0.633. The lowest BCUT2D eigenvalue weighted by molar-refractivity contribution is 0.0173. The first-order chi connectivity index (χ1) is 21.8. The molecule has 14 heteroatoms. The molecule has 1 saturated carbocycles. The van der Waals surface area contributed by atoms with Crippen LogP contribution in [0.2, 0.25) is 10.0 Å². The number of hydrogen-bond donors (Lipinski definition) is 1. The molecule has 0 atom stereocenters. The third-order valence-corrected chi connectivity index (χ3v) is 9.20. The number of rotatable bonds is 7. The molecule has 1 amide bonds. The Morgan fingerprint density at radius 2 is 1.62 bits per heavy atom. The van der Waals surface area contributed by atoms with Crippen molar-refractivity contribution in [2.75, 3.05) is 38.5 Å². The lowest BCUT2D eigenvalue weighted by Gasteiger charge is -2.32. The van der Waals surface area contributed by atoms with Gasteiger partial charge >= 0.3 is 5.97 Å². The largest absolute Gasteiger partial charge is 0.459 e. The number of amides is 1. The van der Waals surface area contributed by atoms with Crippen LogP contribution < -0.4 is 10.7 Å². The number of halogens is 4. The Kier molecular flexibility index (Phi) is 12.6. The SMILES string of the molecule is CN1CCN(Cc2ccc(C(=O)OC3CCC(n4cc(C(=O)Nc5c(Cl)cncc5Cl)c(=O)c5cccnc54)CC3)cc2)CC1.Cl.Cl. The third kappa shape index (κ3) is 8.43. The van der Waals surface area contributed by atoms with Crippen molar-refractivity contribution in [1.82, 2.24) is 24.3 Å². The number of esters is 1. The van der Waals surface area contributed by atoms with E-state index in [1.165, 1.54) is 18.0 Å². The molecule has 1 saturated heterocycles. The first-order valence-electron chi connectivity index (χ1n) is 15.1. The predicted octanol–water partition coefficient (Wildman–Crippen LogP) is 6.28. The molecule has 6 rings (SSSR count). The quantitative estimate of drug-likeness (QED) is 0.222. The van der Waals surface area contributed by atoms with Crippen LogP contribution in [0.25, 0.3) is 11.0 Å². The molecule has 47 heavy (non-hydrogen) atoms. The summed E-state index contributed by atoms with van der Waals surface area (Å²) in [5.41, 5.74) is 1.91. The van der Waals surface area contributed by atoms with Crippen molar-refractivity contribution in [2.24, 2.45) is 0 Å². The molecule has 2 aliphatic rings. The highest BCUT2D eigenvalue weighted by molar-refractivity contribution is 6.39. The van der Waals surface area contributed by atoms with Gasteiger partial charge in [-0.1, -0.05) is 35.3 Å². The lowest BCUT2D eigenvalue weighted by atomic mass is 9.92. The summed E-state index contributed by atoms with van der Waals surface area (Å²) in [5.74, 6) is -0.959. The van der Waals surface area contributed by atoms with Crippen LogP contribution in [-0.4, -0.2) is 75.5 Å². The summed E-state index contributed by atoms with van der Waals surface area (Å²) in [7, 11) is 2.14. The van der Waals surface area contributed by atoms with Crippen LogP contribution in [-0.2, 0) is 11.3 Å². The van der Waals surface area contributed by atoms with Gasteiger partial charge in [-0.3, -0.25) is 19.5 Å². The van der Waals surface area contributed by atoms with Gasteiger partial charge in [0.05, 0.1) is 26.7 Å². The minimum Gasteiger partial charge on any atom is -0.459 e. The summed E-state index contributed by atoms with van der Waals surface area (Å²) in [6, 6.07) is 11.0. The number of piperazine rings is 1. The number of benzene rings is 1. The van der Waals surface area contributed by atoms with Gasteiger partial charge in [0.2, 0.25) is 5.43 Å². The Morgan fingerprint density at radius 1 is 0.957 bits per heavy atom. The van der Waals surface area contributed by atoms with Gasteiger partial charge in [-0.15, -0.1) is 24.8 Å². The second-order valence-corrected chi connectivity index (χ2v) is 12.5. The number of fused-ring (bicyclic) bond motifs is 1. The number of carbonyl (C=O) groups is 2. The molecule has 0 spiro atoms. The summed E-state index contributed by atoms with van der Waals surface area (Å²) in [4.78, 5) is 52.8. The molecule has 1 aliphatic carbocycles. The number of nitrogens with one attached hydrogen (secondary N) is 1. The van der Waals surface area contributed by atoms with Gasteiger partial charge in [-0.2, -0.15) is 0 Å². The van der Waals surface area contributed by atoms with E-state index in [2.05, 4.69) is 32.1 Å². The summed E-state index contributed by atoms with van der Waals surface area (Å²) in [5, 5.41) is 3.32. The number of carbonyl (C=O) groups excluding carboxylic acids is 2. The Balaban J connectivity index is 0.00000250. The first kappa shape index (κ1) is 36.6. The van der Waals surface area contributed by atoms with Crippen LogP contribution in [0.1, 0.15) is 58.0 Å². The van der Waals surface area contributed by atoms with Gasteiger partial charge in [0.25, 0.3) is 5.91 Å². The van der Waals surface area contributed by atoms with E-state index in [9.17, 15) is 14.4 Å². The number of anilines is 1. The fourth-order valence-electron chi connectivity index (χ4n) is 6.01. The number of nitrogens with zero attached hydrogens (tertiary/aromatic N) is 5. The molecule has 2 fully saturated rings. The zero-order chi connectivity index (χ0) is 31.5. The highest BCUT2D eigenvalue weighted by Gasteiger charge is 2.28. The van der Waals surface area contributed by atoms with Gasteiger partial charge in [0.15, 0.2) is 0 Å². The Labute approximate surface area is 295 Å². The zero-order valence-electron chi connectivity index (χ0n) is 25.7. The number of likely N-dealkylation sites (N-methyl/N-ethyl adjacent to an activating group) is 1. The van der Waals surface area contributed by atoms with E-state index in [4.69, 9.17) is 27.9 Å². The highest BCUT2D eigenvalue weighted by atomic mass is 35.5. The normalized spacial score (nSPS) is 18.5. The smallest absolute Gasteiger partial charge is 0.338 e. The molecule has 1 N–H and O–H groups in total. The molecule has 0 unspecified atom stereocenters. The molecular formula is C33H36Cl4N6O4. The maximum atomic E-state index is 13.4. The maximum absolute atomic E-state index is 13.4. The molecule has 1 aliphatic heterocycles. The highest BCUT2D eigenvalue weighted by Crippen LogP contribution is 2.33. The second kappa shape index (κ2) is 16.2. The van der Waals surface area contributed by atoms with E-state index in [1.807, 2.05) is 28.8 Å².